The largest absolute Gasteiger partial charge is 0.309 e. The molecule has 15 heavy (non-hydrogen) atoms. The lowest BCUT2D eigenvalue weighted by Gasteiger charge is -2.15. The second-order valence-corrected chi connectivity index (χ2v) is 4.68. The number of thiophene rings is 1. The van der Waals surface area contributed by atoms with Crippen LogP contribution in [0.25, 0.3) is 0 Å². The Balaban J connectivity index is 2.57. The number of nitrogens with one attached hydrogen (secondary N) is 1. The Bertz CT molecular complexity index is 286. The van der Waals surface area contributed by atoms with E-state index in [1.165, 1.54) is 4.88 Å². The highest BCUT2D eigenvalue weighted by atomic mass is 32.1. The summed E-state index contributed by atoms with van der Waals surface area (Å²) < 4.78 is 25.2. The molecule has 86 valence electrons. The van der Waals surface area contributed by atoms with Gasteiger partial charge in [0.15, 0.2) is 0 Å². The van der Waals surface area contributed by atoms with Gasteiger partial charge in [0.25, 0.3) is 6.43 Å². The van der Waals surface area contributed by atoms with E-state index < -0.39 is 12.5 Å². The lowest BCUT2D eigenvalue weighted by atomic mass is 10.2. The normalized spacial score (nSPS) is 13.4. The number of hydrogen-bond acceptors (Lipinski definition) is 2. The molecule has 4 heteroatoms. The van der Waals surface area contributed by atoms with Crippen LogP contribution in [0, 0.1) is 0 Å². The van der Waals surface area contributed by atoms with E-state index in [9.17, 15) is 8.78 Å². The zero-order valence-corrected chi connectivity index (χ0v) is 9.91. The predicted octanol–water partition coefficient (Wildman–Crippen LogP) is 3.10. The third-order valence-corrected chi connectivity index (χ3v) is 3.51. The molecule has 0 aliphatic rings. The molecule has 1 unspecified atom stereocenters. The lowest BCUT2D eigenvalue weighted by molar-refractivity contribution is 0.0994. The van der Waals surface area contributed by atoms with Gasteiger partial charge in [-0.25, -0.2) is 8.78 Å². The van der Waals surface area contributed by atoms with E-state index in [2.05, 4.69) is 12.2 Å². The van der Waals surface area contributed by atoms with Crippen LogP contribution in [0.1, 0.15) is 23.6 Å². The zero-order chi connectivity index (χ0) is 11.3. The van der Waals surface area contributed by atoms with Crippen molar-refractivity contribution in [2.24, 2.45) is 0 Å². The van der Waals surface area contributed by atoms with Crippen molar-refractivity contribution >= 4 is 11.3 Å². The van der Waals surface area contributed by atoms with Crippen molar-refractivity contribution in [3.05, 3.63) is 21.9 Å². The molecule has 1 N–H and O–H groups in total. The summed E-state index contributed by atoms with van der Waals surface area (Å²) in [6.07, 6.45) is -0.890. The number of halogens is 2. The Morgan fingerprint density at radius 2 is 1.93 bits per heavy atom. The van der Waals surface area contributed by atoms with Gasteiger partial charge < -0.3 is 5.32 Å². The summed E-state index contributed by atoms with van der Waals surface area (Å²) >= 11 is 1.63. The van der Waals surface area contributed by atoms with Crippen LogP contribution >= 0.6 is 11.3 Å². The van der Waals surface area contributed by atoms with Crippen molar-refractivity contribution in [2.75, 3.05) is 6.54 Å². The highest BCUT2D eigenvalue weighted by molar-refractivity contribution is 7.11. The van der Waals surface area contributed by atoms with Crippen molar-refractivity contribution in [3.8, 4) is 0 Å². The molecule has 1 atom stereocenters. The van der Waals surface area contributed by atoms with Gasteiger partial charge in [0.1, 0.15) is 0 Å². The number of alkyl halides is 2. The standard InChI is InChI=1S/C11H17F2NS/c1-3-8-5-6-9(15-8)7-10(11(12)13)14-4-2/h5-6,10-11,14H,3-4,7H2,1-2H3. The monoisotopic (exact) mass is 233 g/mol. The van der Waals surface area contributed by atoms with E-state index in [1.54, 1.807) is 11.3 Å². The molecular formula is C11H17F2NS. The van der Waals surface area contributed by atoms with Gasteiger partial charge in [-0.3, -0.25) is 0 Å². The van der Waals surface area contributed by atoms with Crippen LogP contribution in [0.2, 0.25) is 0 Å². The number of likely N-dealkylation sites (N-methyl/N-ethyl adjacent to an activating group) is 1. The fraction of sp³-hybridized carbons (Fsp3) is 0.636. The SMILES string of the molecule is CCNC(Cc1ccc(CC)s1)C(F)F. The van der Waals surface area contributed by atoms with E-state index in [0.717, 1.165) is 11.3 Å². The Morgan fingerprint density at radius 1 is 1.27 bits per heavy atom. The summed E-state index contributed by atoms with van der Waals surface area (Å²) in [5.41, 5.74) is 0. The fourth-order valence-corrected chi connectivity index (χ4v) is 2.47. The van der Waals surface area contributed by atoms with Gasteiger partial charge in [-0.1, -0.05) is 13.8 Å². The molecule has 0 spiro atoms. The first kappa shape index (κ1) is 12.6. The van der Waals surface area contributed by atoms with Gasteiger partial charge in [-0.05, 0) is 25.1 Å². The molecule has 1 aromatic heterocycles. The molecule has 1 rings (SSSR count). The molecule has 0 amide bonds. The second-order valence-electron chi connectivity index (χ2n) is 3.42. The molecule has 0 saturated carbocycles. The van der Waals surface area contributed by atoms with Crippen molar-refractivity contribution in [2.45, 2.75) is 39.2 Å². The van der Waals surface area contributed by atoms with Crippen LogP contribution < -0.4 is 5.32 Å². The van der Waals surface area contributed by atoms with Crippen LogP contribution in [0.3, 0.4) is 0 Å². The Kier molecular flexibility index (Phi) is 5.19. The molecule has 0 saturated heterocycles. The maximum Gasteiger partial charge on any atom is 0.254 e. The first-order valence-electron chi connectivity index (χ1n) is 5.26. The minimum Gasteiger partial charge on any atom is -0.309 e. The summed E-state index contributed by atoms with van der Waals surface area (Å²) in [7, 11) is 0. The Labute approximate surface area is 93.5 Å². The second kappa shape index (κ2) is 6.18. The summed E-state index contributed by atoms with van der Waals surface area (Å²) in [6.45, 7) is 4.51. The van der Waals surface area contributed by atoms with Crippen molar-refractivity contribution in [1.29, 1.82) is 0 Å². The molecule has 1 heterocycles. The minimum atomic E-state index is -2.29. The first-order chi connectivity index (χ1) is 7.17. The van der Waals surface area contributed by atoms with E-state index in [-0.39, 0.29) is 0 Å². The third-order valence-electron chi connectivity index (χ3n) is 2.26. The van der Waals surface area contributed by atoms with Crippen LogP contribution in [0.15, 0.2) is 12.1 Å². The maximum absolute atomic E-state index is 12.6. The van der Waals surface area contributed by atoms with Gasteiger partial charge in [0, 0.05) is 16.2 Å². The van der Waals surface area contributed by atoms with Gasteiger partial charge in [0.2, 0.25) is 0 Å². The number of aryl methyl sites for hydroxylation is 1. The number of hydrogen-bond donors (Lipinski definition) is 1. The molecule has 0 radical (unpaired) electrons. The van der Waals surface area contributed by atoms with E-state index in [1.807, 2.05) is 19.1 Å². The number of rotatable bonds is 6. The van der Waals surface area contributed by atoms with Gasteiger partial charge >= 0.3 is 0 Å². The van der Waals surface area contributed by atoms with Crippen LogP contribution in [0.4, 0.5) is 8.78 Å². The molecule has 0 aliphatic carbocycles. The van der Waals surface area contributed by atoms with Crippen molar-refractivity contribution < 1.29 is 8.78 Å². The molecule has 1 nitrogen and oxygen atoms in total. The highest BCUT2D eigenvalue weighted by Gasteiger charge is 2.19. The molecule has 0 aliphatic heterocycles. The predicted molar refractivity (Wildman–Crippen MR) is 60.9 cm³/mol. The summed E-state index contributed by atoms with van der Waals surface area (Å²) in [6, 6.07) is 3.27. The topological polar surface area (TPSA) is 12.0 Å². The van der Waals surface area contributed by atoms with Crippen LogP contribution in [-0.4, -0.2) is 19.0 Å². The Morgan fingerprint density at radius 3 is 2.40 bits per heavy atom. The summed E-state index contributed by atoms with van der Waals surface area (Å²) in [4.78, 5) is 2.30. The van der Waals surface area contributed by atoms with E-state index in [4.69, 9.17) is 0 Å². The minimum absolute atomic E-state index is 0.427. The third kappa shape index (κ3) is 3.87. The molecule has 0 fully saturated rings. The fourth-order valence-electron chi connectivity index (χ4n) is 1.45. The average molecular weight is 233 g/mol. The van der Waals surface area contributed by atoms with Gasteiger partial charge in [-0.2, -0.15) is 0 Å². The van der Waals surface area contributed by atoms with Crippen LogP contribution in [-0.2, 0) is 12.8 Å². The molecular weight excluding hydrogens is 216 g/mol. The Hall–Kier alpha value is -0.480. The van der Waals surface area contributed by atoms with Crippen LogP contribution in [0.5, 0.6) is 0 Å². The van der Waals surface area contributed by atoms with Crippen molar-refractivity contribution in [3.63, 3.8) is 0 Å². The smallest absolute Gasteiger partial charge is 0.254 e. The van der Waals surface area contributed by atoms with Crippen molar-refractivity contribution in [1.82, 2.24) is 5.32 Å². The molecule has 0 aromatic carbocycles. The molecule has 0 bridgehead atoms. The maximum atomic E-state index is 12.6. The highest BCUT2D eigenvalue weighted by Crippen LogP contribution is 2.20. The van der Waals surface area contributed by atoms with E-state index in [0.29, 0.717) is 13.0 Å². The van der Waals surface area contributed by atoms with E-state index >= 15 is 0 Å². The van der Waals surface area contributed by atoms with Gasteiger partial charge in [-0.15, -0.1) is 11.3 Å². The summed E-state index contributed by atoms with van der Waals surface area (Å²) in [5.74, 6) is 0. The summed E-state index contributed by atoms with van der Waals surface area (Å²) in [5, 5.41) is 2.81. The first-order valence-corrected chi connectivity index (χ1v) is 6.08. The zero-order valence-electron chi connectivity index (χ0n) is 9.09. The average Bonchev–Trinajstić information content (AvgIpc) is 2.65. The quantitative estimate of drug-likeness (QED) is 0.796. The lowest BCUT2D eigenvalue weighted by Crippen LogP contribution is -2.37. The van der Waals surface area contributed by atoms with Gasteiger partial charge in [0.05, 0.1) is 6.04 Å². The molecule has 1 aromatic rings.